The molecule has 4 N–H and O–H groups in total. The molecular weight excluding hydrogens is 613 g/mol. The summed E-state index contributed by atoms with van der Waals surface area (Å²) < 4.78 is 26.5. The van der Waals surface area contributed by atoms with E-state index in [1.807, 2.05) is 30.3 Å². The lowest BCUT2D eigenvalue weighted by molar-refractivity contribution is -0.131. The van der Waals surface area contributed by atoms with Gasteiger partial charge in [-0.2, -0.15) is 0 Å². The fourth-order valence-corrected chi connectivity index (χ4v) is 5.42. The Morgan fingerprint density at radius 2 is 1.87 bits per heavy atom. The molecule has 1 aromatic heterocycles. The molecule has 13 heteroatoms. The summed E-state index contributed by atoms with van der Waals surface area (Å²) in [5.41, 5.74) is 1.69. The van der Waals surface area contributed by atoms with Crippen molar-refractivity contribution in [1.29, 1.82) is 0 Å². The number of nitrogens with one attached hydrogen (secondary N) is 3. The summed E-state index contributed by atoms with van der Waals surface area (Å²) in [5, 5.41) is 17.9. The highest BCUT2D eigenvalue weighted by atomic mass is 32.1. The molecule has 1 aliphatic heterocycles. The summed E-state index contributed by atoms with van der Waals surface area (Å²) in [6.45, 7) is 0.143. The van der Waals surface area contributed by atoms with Crippen LogP contribution in [-0.2, 0) is 16.0 Å². The van der Waals surface area contributed by atoms with Crippen LogP contribution in [0.5, 0.6) is 17.2 Å². The fourth-order valence-electron chi connectivity index (χ4n) is 5.18. The van der Waals surface area contributed by atoms with Crippen molar-refractivity contribution in [2.75, 3.05) is 32.1 Å². The molecule has 1 atom stereocenters. The zero-order chi connectivity index (χ0) is 32.6. The highest BCUT2D eigenvalue weighted by molar-refractivity contribution is 7.80. The molecule has 4 aromatic rings. The van der Waals surface area contributed by atoms with E-state index in [1.165, 1.54) is 43.6 Å². The van der Waals surface area contributed by atoms with Crippen molar-refractivity contribution >= 4 is 51.6 Å². The first-order valence-electron chi connectivity index (χ1n) is 14.5. The molecule has 3 amide bonds. The van der Waals surface area contributed by atoms with Crippen molar-refractivity contribution in [3.8, 4) is 17.2 Å². The molecule has 0 aliphatic carbocycles. The number of benzene rings is 3. The van der Waals surface area contributed by atoms with E-state index in [-0.39, 0.29) is 65.4 Å². The standard InChI is InChI=1S/C33H32FN5O6S/c1-44-29-17-26-23(16-24(29)32(43)36-18-31(42)39-13-5-8-22(39)19-40)27(11-12-35-26)45-28-10-9-21(15-25(28)34)37-33(46)38-30(41)14-20-6-3-2-4-7-20/h2-4,6-7,9-12,15-17,22,40H,5,8,13-14,18-19H2,1H3,(H,36,43)(H2,37,38,41,46)/t22-/m0/s1. The second-order valence-electron chi connectivity index (χ2n) is 10.5. The lowest BCUT2D eigenvalue weighted by Crippen LogP contribution is -2.43. The number of amides is 3. The van der Waals surface area contributed by atoms with Gasteiger partial charge in [0, 0.05) is 35.9 Å². The van der Waals surface area contributed by atoms with Crippen molar-refractivity contribution in [3.63, 3.8) is 0 Å². The lowest BCUT2D eigenvalue weighted by atomic mass is 10.1. The molecule has 0 unspecified atom stereocenters. The third-order valence-corrected chi connectivity index (χ3v) is 7.65. The Morgan fingerprint density at radius 1 is 1.07 bits per heavy atom. The maximum absolute atomic E-state index is 15.2. The highest BCUT2D eigenvalue weighted by Gasteiger charge is 2.28. The van der Waals surface area contributed by atoms with Crippen molar-refractivity contribution in [3.05, 3.63) is 89.9 Å². The van der Waals surface area contributed by atoms with E-state index in [0.29, 0.717) is 29.6 Å². The molecule has 2 heterocycles. The van der Waals surface area contributed by atoms with Crippen LogP contribution in [0.15, 0.2) is 72.9 Å². The second kappa shape index (κ2) is 14.8. The van der Waals surface area contributed by atoms with Gasteiger partial charge in [-0.15, -0.1) is 0 Å². The third kappa shape index (κ3) is 7.73. The van der Waals surface area contributed by atoms with Gasteiger partial charge in [-0.3, -0.25) is 19.4 Å². The third-order valence-electron chi connectivity index (χ3n) is 7.45. The number of likely N-dealkylation sites (tertiary alicyclic amines) is 1. The molecule has 0 bridgehead atoms. The minimum Gasteiger partial charge on any atom is -0.496 e. The van der Waals surface area contributed by atoms with Gasteiger partial charge in [-0.25, -0.2) is 4.39 Å². The van der Waals surface area contributed by atoms with Crippen LogP contribution in [0.1, 0.15) is 28.8 Å². The predicted octanol–water partition coefficient (Wildman–Crippen LogP) is 3.94. The van der Waals surface area contributed by atoms with Crippen LogP contribution in [0.3, 0.4) is 0 Å². The number of carbonyl (C=O) groups is 3. The molecule has 46 heavy (non-hydrogen) atoms. The summed E-state index contributed by atoms with van der Waals surface area (Å²) in [5.74, 6) is -1.52. The van der Waals surface area contributed by atoms with Gasteiger partial charge < -0.3 is 35.4 Å². The fraction of sp³-hybridized carbons (Fsp3) is 0.242. The summed E-state index contributed by atoms with van der Waals surface area (Å²) in [4.78, 5) is 44.0. The molecule has 3 aromatic carbocycles. The number of ether oxygens (including phenoxy) is 2. The molecule has 1 fully saturated rings. The Labute approximate surface area is 269 Å². The molecule has 238 valence electrons. The minimum atomic E-state index is -0.707. The normalized spacial score (nSPS) is 14.1. The molecular formula is C33H32FN5O6S. The Morgan fingerprint density at radius 3 is 2.61 bits per heavy atom. The van der Waals surface area contributed by atoms with Crippen LogP contribution in [0.25, 0.3) is 10.9 Å². The number of methoxy groups -OCH3 is 1. The van der Waals surface area contributed by atoms with Crippen molar-refractivity contribution < 1.29 is 33.4 Å². The highest BCUT2D eigenvalue weighted by Crippen LogP contribution is 2.34. The van der Waals surface area contributed by atoms with Crippen molar-refractivity contribution in [2.45, 2.75) is 25.3 Å². The number of nitrogens with zero attached hydrogens (tertiary/aromatic N) is 2. The second-order valence-corrected chi connectivity index (χ2v) is 10.9. The van der Waals surface area contributed by atoms with Crippen LogP contribution in [0.2, 0.25) is 0 Å². The van der Waals surface area contributed by atoms with Crippen LogP contribution in [0, 0.1) is 5.82 Å². The van der Waals surface area contributed by atoms with E-state index in [0.717, 1.165) is 12.0 Å². The van der Waals surface area contributed by atoms with Gasteiger partial charge in [0.15, 0.2) is 16.7 Å². The summed E-state index contributed by atoms with van der Waals surface area (Å²) in [7, 11) is 1.41. The zero-order valence-corrected chi connectivity index (χ0v) is 25.7. The van der Waals surface area contributed by atoms with E-state index in [2.05, 4.69) is 20.9 Å². The van der Waals surface area contributed by atoms with E-state index in [4.69, 9.17) is 21.7 Å². The Bertz CT molecular complexity index is 1770. The number of hydrogen-bond acceptors (Lipinski definition) is 8. The van der Waals surface area contributed by atoms with E-state index >= 15 is 4.39 Å². The minimum absolute atomic E-state index is 0.0178. The number of pyridine rings is 1. The van der Waals surface area contributed by atoms with Gasteiger partial charge in [0.05, 0.1) is 43.8 Å². The number of halogens is 1. The number of thiocarbonyl (C=S) groups is 1. The molecule has 11 nitrogen and oxygen atoms in total. The van der Waals surface area contributed by atoms with Gasteiger partial charge in [-0.1, -0.05) is 30.3 Å². The van der Waals surface area contributed by atoms with Gasteiger partial charge in [0.1, 0.15) is 11.5 Å². The quantitative estimate of drug-likeness (QED) is 0.189. The SMILES string of the molecule is COc1cc2nccc(Oc3ccc(NC(=S)NC(=O)Cc4ccccc4)cc3F)c2cc1C(=O)NCC(=O)N1CCC[C@H]1CO. The zero-order valence-electron chi connectivity index (χ0n) is 24.9. The molecule has 1 aliphatic rings. The van der Waals surface area contributed by atoms with Crippen LogP contribution in [0.4, 0.5) is 10.1 Å². The molecule has 5 rings (SSSR count). The van der Waals surface area contributed by atoms with Gasteiger partial charge >= 0.3 is 0 Å². The number of anilines is 1. The number of aromatic nitrogens is 1. The van der Waals surface area contributed by atoms with E-state index in [1.54, 1.807) is 11.0 Å². The summed E-state index contributed by atoms with van der Waals surface area (Å²) >= 11 is 5.21. The van der Waals surface area contributed by atoms with Crippen LogP contribution in [-0.4, -0.2) is 70.7 Å². The van der Waals surface area contributed by atoms with Gasteiger partial charge in [0.25, 0.3) is 5.91 Å². The Balaban J connectivity index is 1.27. The first kappa shape index (κ1) is 32.3. The van der Waals surface area contributed by atoms with Crippen molar-refractivity contribution in [2.24, 2.45) is 0 Å². The first-order valence-corrected chi connectivity index (χ1v) is 14.9. The number of aliphatic hydroxyl groups is 1. The summed E-state index contributed by atoms with van der Waals surface area (Å²) in [6, 6.07) is 17.6. The average molecular weight is 646 g/mol. The maximum atomic E-state index is 15.2. The Kier molecular flexibility index (Phi) is 10.4. The predicted molar refractivity (Wildman–Crippen MR) is 173 cm³/mol. The number of rotatable bonds is 10. The average Bonchev–Trinajstić information content (AvgIpc) is 3.54. The van der Waals surface area contributed by atoms with Crippen LogP contribution >= 0.6 is 12.2 Å². The van der Waals surface area contributed by atoms with Gasteiger partial charge in [0.2, 0.25) is 11.8 Å². The first-order chi connectivity index (χ1) is 22.2. The molecule has 0 spiro atoms. The smallest absolute Gasteiger partial charge is 0.255 e. The number of fused-ring (bicyclic) bond motifs is 1. The summed E-state index contributed by atoms with van der Waals surface area (Å²) in [6.07, 6.45) is 3.12. The topological polar surface area (TPSA) is 142 Å². The van der Waals surface area contributed by atoms with Gasteiger partial charge in [-0.05, 0) is 54.9 Å². The lowest BCUT2D eigenvalue weighted by Gasteiger charge is -2.23. The van der Waals surface area contributed by atoms with Crippen LogP contribution < -0.4 is 25.4 Å². The maximum Gasteiger partial charge on any atom is 0.255 e. The molecule has 0 radical (unpaired) electrons. The number of hydrogen-bond donors (Lipinski definition) is 4. The number of carbonyl (C=O) groups excluding carboxylic acids is 3. The number of aliphatic hydroxyl groups excluding tert-OH is 1. The molecule has 0 saturated carbocycles. The Hall–Kier alpha value is -5.14. The van der Waals surface area contributed by atoms with E-state index in [9.17, 15) is 19.5 Å². The largest absolute Gasteiger partial charge is 0.496 e. The molecule has 1 saturated heterocycles. The van der Waals surface area contributed by atoms with E-state index < -0.39 is 11.7 Å². The van der Waals surface area contributed by atoms with Crippen molar-refractivity contribution in [1.82, 2.24) is 20.5 Å². The monoisotopic (exact) mass is 645 g/mol.